The summed E-state index contributed by atoms with van der Waals surface area (Å²) in [4.78, 5) is 6.60. The Bertz CT molecular complexity index is 817. The van der Waals surface area contributed by atoms with E-state index in [0.717, 1.165) is 24.9 Å². The van der Waals surface area contributed by atoms with Crippen LogP contribution < -0.4 is 5.06 Å². The van der Waals surface area contributed by atoms with Crippen LogP contribution in [-0.2, 0) is 10.4 Å². The number of hydroxylamine groups is 1. The number of hydrogen-bond acceptors (Lipinski definition) is 2. The molecule has 1 aliphatic carbocycles. The van der Waals surface area contributed by atoms with Gasteiger partial charge in [-0.1, -0.05) is 78.9 Å². The van der Waals surface area contributed by atoms with Crippen molar-refractivity contribution >= 4 is 5.69 Å². The van der Waals surface area contributed by atoms with Crippen LogP contribution in [0.4, 0.5) is 5.69 Å². The molecular formula is C23H21NO. The van der Waals surface area contributed by atoms with Gasteiger partial charge < -0.3 is 0 Å². The average Bonchev–Trinajstić information content (AvgIpc) is 3.35. The maximum atomic E-state index is 6.60. The minimum absolute atomic E-state index is 0.0124. The van der Waals surface area contributed by atoms with Crippen LogP contribution in [-0.4, -0.2) is 5.60 Å². The Morgan fingerprint density at radius 3 is 1.60 bits per heavy atom. The Morgan fingerprint density at radius 2 is 1.12 bits per heavy atom. The minimum atomic E-state index is -0.291. The van der Waals surface area contributed by atoms with E-state index in [-0.39, 0.29) is 11.1 Å². The second-order valence-corrected chi connectivity index (χ2v) is 7.17. The molecule has 2 nitrogen and oxygen atoms in total. The van der Waals surface area contributed by atoms with Crippen molar-refractivity contribution < 1.29 is 4.84 Å². The van der Waals surface area contributed by atoms with E-state index < -0.39 is 0 Å². The molecule has 0 aromatic heterocycles. The summed E-state index contributed by atoms with van der Waals surface area (Å²) in [7, 11) is 0. The molecule has 0 unspecified atom stereocenters. The lowest BCUT2D eigenvalue weighted by Gasteiger charge is -2.38. The van der Waals surface area contributed by atoms with E-state index >= 15 is 0 Å². The molecule has 124 valence electrons. The summed E-state index contributed by atoms with van der Waals surface area (Å²) in [6.07, 6.45) is 3.26. The van der Waals surface area contributed by atoms with Gasteiger partial charge in [0.15, 0.2) is 0 Å². The van der Waals surface area contributed by atoms with Crippen LogP contribution in [0, 0.1) is 0 Å². The summed E-state index contributed by atoms with van der Waals surface area (Å²) in [6, 6.07) is 32.1. The van der Waals surface area contributed by atoms with Gasteiger partial charge in [0.2, 0.25) is 0 Å². The zero-order valence-corrected chi connectivity index (χ0v) is 14.1. The van der Waals surface area contributed by atoms with Gasteiger partial charge in [-0.2, -0.15) is 0 Å². The summed E-state index contributed by atoms with van der Waals surface area (Å²) in [5, 5.41) is 2.17. The summed E-state index contributed by atoms with van der Waals surface area (Å²) >= 11 is 0. The topological polar surface area (TPSA) is 12.5 Å². The highest BCUT2D eigenvalue weighted by atomic mass is 16.7. The first-order valence-corrected chi connectivity index (χ1v) is 8.98. The Kier molecular flexibility index (Phi) is 3.22. The second kappa shape index (κ2) is 5.47. The van der Waals surface area contributed by atoms with Crippen LogP contribution in [0.15, 0.2) is 91.0 Å². The van der Waals surface area contributed by atoms with E-state index in [0.29, 0.717) is 0 Å². The third kappa shape index (κ3) is 2.29. The van der Waals surface area contributed by atoms with Crippen LogP contribution in [0.5, 0.6) is 0 Å². The number of para-hydroxylation sites is 1. The van der Waals surface area contributed by atoms with Crippen molar-refractivity contribution in [2.24, 2.45) is 0 Å². The van der Waals surface area contributed by atoms with Gasteiger partial charge in [-0.15, -0.1) is 0 Å². The largest absolute Gasteiger partial charge is 0.266 e. The molecular weight excluding hydrogens is 306 g/mol. The fourth-order valence-corrected chi connectivity index (χ4v) is 4.12. The highest BCUT2D eigenvalue weighted by molar-refractivity contribution is 5.56. The molecule has 0 amide bonds. The van der Waals surface area contributed by atoms with Crippen LogP contribution >= 0.6 is 0 Å². The standard InChI is InChI=1S/C23H21NO/c1-4-10-19(11-5-1)23(20-12-6-2-7-13-20)18-22(16-17-22)25-24(23)21-14-8-3-9-15-21/h1-15H,16-18H2. The van der Waals surface area contributed by atoms with E-state index in [4.69, 9.17) is 4.84 Å². The molecule has 0 N–H and O–H groups in total. The maximum Gasteiger partial charge on any atom is 0.120 e. The van der Waals surface area contributed by atoms with Crippen LogP contribution in [0.3, 0.4) is 0 Å². The third-order valence-electron chi connectivity index (χ3n) is 5.51. The smallest absolute Gasteiger partial charge is 0.120 e. The number of anilines is 1. The van der Waals surface area contributed by atoms with E-state index in [1.54, 1.807) is 0 Å². The monoisotopic (exact) mass is 327 g/mol. The number of hydrogen-bond donors (Lipinski definition) is 0. The quantitative estimate of drug-likeness (QED) is 0.647. The van der Waals surface area contributed by atoms with Gasteiger partial charge in [0, 0.05) is 6.42 Å². The Hall–Kier alpha value is -2.58. The molecule has 0 bridgehead atoms. The van der Waals surface area contributed by atoms with Gasteiger partial charge in [0.05, 0.1) is 11.3 Å². The van der Waals surface area contributed by atoms with Crippen molar-refractivity contribution in [2.75, 3.05) is 5.06 Å². The van der Waals surface area contributed by atoms with Gasteiger partial charge in [0.25, 0.3) is 0 Å². The molecule has 3 aromatic carbocycles. The van der Waals surface area contributed by atoms with Crippen LogP contribution in [0.25, 0.3) is 0 Å². The van der Waals surface area contributed by atoms with E-state index in [2.05, 4.69) is 96.1 Å². The highest BCUT2D eigenvalue weighted by Gasteiger charge is 2.62. The molecule has 5 rings (SSSR count). The third-order valence-corrected chi connectivity index (χ3v) is 5.51. The molecule has 25 heavy (non-hydrogen) atoms. The summed E-state index contributed by atoms with van der Waals surface area (Å²) in [6.45, 7) is 0. The molecule has 1 aliphatic heterocycles. The predicted molar refractivity (Wildman–Crippen MR) is 100 cm³/mol. The normalized spacial score (nSPS) is 19.9. The molecule has 1 spiro atoms. The van der Waals surface area contributed by atoms with Gasteiger partial charge in [0.1, 0.15) is 5.54 Å². The summed E-state index contributed by atoms with van der Waals surface area (Å²) < 4.78 is 0. The molecule has 2 aliphatic rings. The van der Waals surface area contributed by atoms with Crippen molar-refractivity contribution in [1.82, 2.24) is 0 Å². The van der Waals surface area contributed by atoms with E-state index in [1.165, 1.54) is 11.1 Å². The Balaban J connectivity index is 1.76. The SMILES string of the molecule is c1ccc(N2OC3(CC3)CC2(c2ccccc2)c2ccccc2)cc1. The Labute approximate surface area is 148 Å². The molecule has 2 heteroatoms. The fraction of sp³-hybridized carbons (Fsp3) is 0.217. The van der Waals surface area contributed by atoms with Crippen LogP contribution in [0.2, 0.25) is 0 Å². The summed E-state index contributed by atoms with van der Waals surface area (Å²) in [5.74, 6) is 0. The lowest BCUT2D eigenvalue weighted by Crippen LogP contribution is -2.41. The summed E-state index contributed by atoms with van der Waals surface area (Å²) in [5.41, 5.74) is 3.38. The van der Waals surface area contributed by atoms with Crippen molar-refractivity contribution in [3.8, 4) is 0 Å². The van der Waals surface area contributed by atoms with Gasteiger partial charge >= 0.3 is 0 Å². The average molecular weight is 327 g/mol. The first-order chi connectivity index (χ1) is 12.3. The lowest BCUT2D eigenvalue weighted by atomic mass is 9.78. The lowest BCUT2D eigenvalue weighted by molar-refractivity contribution is 0.0606. The Morgan fingerprint density at radius 1 is 0.640 bits per heavy atom. The van der Waals surface area contributed by atoms with Gasteiger partial charge in [-0.3, -0.25) is 4.84 Å². The van der Waals surface area contributed by atoms with Crippen molar-refractivity contribution in [2.45, 2.75) is 30.4 Å². The maximum absolute atomic E-state index is 6.60. The predicted octanol–water partition coefficient (Wildman–Crippen LogP) is 5.30. The van der Waals surface area contributed by atoms with Crippen molar-refractivity contribution in [3.63, 3.8) is 0 Å². The van der Waals surface area contributed by atoms with Gasteiger partial charge in [-0.25, -0.2) is 5.06 Å². The number of benzene rings is 3. The van der Waals surface area contributed by atoms with Crippen LogP contribution in [0.1, 0.15) is 30.4 Å². The molecule has 1 saturated carbocycles. The zero-order valence-electron chi connectivity index (χ0n) is 14.1. The minimum Gasteiger partial charge on any atom is -0.266 e. The number of rotatable bonds is 3. The molecule has 0 radical (unpaired) electrons. The fourth-order valence-electron chi connectivity index (χ4n) is 4.12. The molecule has 2 fully saturated rings. The van der Waals surface area contributed by atoms with Gasteiger partial charge in [-0.05, 0) is 36.1 Å². The second-order valence-electron chi connectivity index (χ2n) is 7.17. The molecule has 0 atom stereocenters. The van der Waals surface area contributed by atoms with Crippen molar-refractivity contribution in [3.05, 3.63) is 102 Å². The molecule has 1 saturated heterocycles. The van der Waals surface area contributed by atoms with E-state index in [9.17, 15) is 0 Å². The van der Waals surface area contributed by atoms with E-state index in [1.807, 2.05) is 0 Å². The first kappa shape index (κ1) is 14.7. The highest BCUT2D eigenvalue weighted by Crippen LogP contribution is 2.60. The first-order valence-electron chi connectivity index (χ1n) is 8.98. The van der Waals surface area contributed by atoms with Crippen molar-refractivity contribution in [1.29, 1.82) is 0 Å². The number of nitrogens with zero attached hydrogens (tertiary/aromatic N) is 1. The molecule has 1 heterocycles. The molecule has 3 aromatic rings. The zero-order chi connectivity index (χ0) is 16.7.